The third-order valence-electron chi connectivity index (χ3n) is 4.98. The quantitative estimate of drug-likeness (QED) is 0.617. The highest BCUT2D eigenvalue weighted by Crippen LogP contribution is 2.42. The van der Waals surface area contributed by atoms with Gasteiger partial charge in [-0.05, 0) is 64.2 Å². The molecule has 1 saturated heterocycles. The van der Waals surface area contributed by atoms with Gasteiger partial charge in [0.1, 0.15) is 11.6 Å². The van der Waals surface area contributed by atoms with Gasteiger partial charge in [-0.25, -0.2) is 4.39 Å². The van der Waals surface area contributed by atoms with Gasteiger partial charge in [0.25, 0.3) is 0 Å². The molecule has 2 aliphatic rings. The van der Waals surface area contributed by atoms with Crippen LogP contribution in [0, 0.1) is 5.82 Å². The zero-order valence-electron chi connectivity index (χ0n) is 14.4. The van der Waals surface area contributed by atoms with Crippen LogP contribution in [0.5, 0.6) is 5.75 Å². The van der Waals surface area contributed by atoms with E-state index in [1.54, 1.807) is 6.07 Å². The molecule has 23 heavy (non-hydrogen) atoms. The van der Waals surface area contributed by atoms with Gasteiger partial charge in [0.05, 0.1) is 16.7 Å². The molecule has 0 amide bonds. The van der Waals surface area contributed by atoms with Gasteiger partial charge in [-0.1, -0.05) is 0 Å². The maximum atomic E-state index is 14.8. The van der Waals surface area contributed by atoms with Gasteiger partial charge in [-0.3, -0.25) is 0 Å². The van der Waals surface area contributed by atoms with Gasteiger partial charge in [0.15, 0.2) is 6.79 Å². The van der Waals surface area contributed by atoms with E-state index in [4.69, 9.17) is 18.8 Å². The zero-order chi connectivity index (χ0) is 16.8. The summed E-state index contributed by atoms with van der Waals surface area (Å²) in [5, 5.41) is 0. The maximum Gasteiger partial charge on any atom is 0.501 e. The van der Waals surface area contributed by atoms with Crippen LogP contribution in [0.25, 0.3) is 0 Å². The Morgan fingerprint density at radius 1 is 1.17 bits per heavy atom. The second-order valence-corrected chi connectivity index (χ2v) is 7.33. The summed E-state index contributed by atoms with van der Waals surface area (Å²) < 4.78 is 37.4. The first kappa shape index (κ1) is 16.7. The summed E-state index contributed by atoms with van der Waals surface area (Å²) in [7, 11) is 0.746. The second-order valence-electron chi connectivity index (χ2n) is 7.33. The van der Waals surface area contributed by atoms with Crippen LogP contribution in [0.15, 0.2) is 12.1 Å². The van der Waals surface area contributed by atoms with Crippen LogP contribution in [-0.2, 0) is 14.0 Å². The molecular weight excluding hydrogens is 298 g/mol. The molecule has 2 fully saturated rings. The van der Waals surface area contributed by atoms with Crippen molar-refractivity contribution in [3.05, 3.63) is 23.5 Å². The summed E-state index contributed by atoms with van der Waals surface area (Å²) >= 11 is 0. The van der Waals surface area contributed by atoms with Crippen LogP contribution in [0.3, 0.4) is 0 Å². The highest BCUT2D eigenvalue weighted by atomic mass is 19.1. The van der Waals surface area contributed by atoms with Gasteiger partial charge in [0, 0.05) is 7.11 Å². The fraction of sp³-hybridized carbons (Fsp3) is 0.647. The standard InChI is InChI=1S/C17H24BFO4/c1-16(2)17(3,4)23-18(22-16)15-13(19)8-12(11-6-7-11)9-14(15)21-10-20-5/h8-9,11H,6-7,10H2,1-5H3. The number of hydrogen-bond donors (Lipinski definition) is 0. The van der Waals surface area contributed by atoms with Crippen LogP contribution in [0.2, 0.25) is 0 Å². The molecule has 0 spiro atoms. The van der Waals surface area contributed by atoms with E-state index in [0.29, 0.717) is 17.1 Å². The van der Waals surface area contributed by atoms with Crippen molar-refractivity contribution < 1.29 is 23.2 Å². The fourth-order valence-corrected chi connectivity index (χ4v) is 2.70. The number of halogens is 1. The molecule has 1 aromatic rings. The minimum absolute atomic E-state index is 0.0556. The molecule has 1 aliphatic heterocycles. The Morgan fingerprint density at radius 2 is 1.78 bits per heavy atom. The topological polar surface area (TPSA) is 36.9 Å². The molecule has 1 heterocycles. The molecule has 6 heteroatoms. The third-order valence-corrected chi connectivity index (χ3v) is 4.98. The number of hydrogen-bond acceptors (Lipinski definition) is 4. The maximum absolute atomic E-state index is 14.8. The van der Waals surface area contributed by atoms with Gasteiger partial charge in [0.2, 0.25) is 0 Å². The minimum atomic E-state index is -0.792. The average molecular weight is 322 g/mol. The van der Waals surface area contributed by atoms with E-state index in [2.05, 4.69) is 0 Å². The van der Waals surface area contributed by atoms with Crippen molar-refractivity contribution in [2.45, 2.75) is 57.7 Å². The molecule has 1 aliphatic carbocycles. The highest BCUT2D eigenvalue weighted by Gasteiger charge is 2.53. The van der Waals surface area contributed by atoms with E-state index in [9.17, 15) is 4.39 Å². The third kappa shape index (κ3) is 3.12. The van der Waals surface area contributed by atoms with Gasteiger partial charge in [-0.2, -0.15) is 0 Å². The number of benzene rings is 1. The van der Waals surface area contributed by atoms with Crippen LogP contribution in [0.4, 0.5) is 4.39 Å². The van der Waals surface area contributed by atoms with Crippen molar-refractivity contribution >= 4 is 12.6 Å². The summed E-state index contributed by atoms with van der Waals surface area (Å²) in [6.45, 7) is 7.83. The minimum Gasteiger partial charge on any atom is -0.468 e. The van der Waals surface area contributed by atoms with Crippen molar-refractivity contribution in [3.8, 4) is 5.75 Å². The zero-order valence-corrected chi connectivity index (χ0v) is 14.4. The van der Waals surface area contributed by atoms with Gasteiger partial charge >= 0.3 is 7.12 Å². The molecule has 0 atom stereocenters. The van der Waals surface area contributed by atoms with Crippen molar-refractivity contribution in [1.82, 2.24) is 0 Å². The van der Waals surface area contributed by atoms with Crippen LogP contribution >= 0.6 is 0 Å². The Balaban J connectivity index is 1.97. The molecule has 126 valence electrons. The molecule has 0 radical (unpaired) electrons. The predicted octanol–water partition coefficient (Wildman–Crippen LogP) is 2.99. The summed E-state index contributed by atoms with van der Waals surface area (Å²) in [6, 6.07) is 3.47. The first-order valence-corrected chi connectivity index (χ1v) is 8.06. The van der Waals surface area contributed by atoms with E-state index in [-0.39, 0.29) is 12.6 Å². The molecule has 0 N–H and O–H groups in total. The molecule has 0 unspecified atom stereocenters. The predicted molar refractivity (Wildman–Crippen MR) is 86.6 cm³/mol. The molecule has 0 bridgehead atoms. The lowest BCUT2D eigenvalue weighted by molar-refractivity contribution is 0.00578. The smallest absolute Gasteiger partial charge is 0.468 e. The SMILES string of the molecule is COCOc1cc(C2CC2)cc(F)c1B1OC(C)(C)C(C)(C)O1. The molecule has 1 aromatic carbocycles. The summed E-state index contributed by atoms with van der Waals surface area (Å²) in [4.78, 5) is 0. The van der Waals surface area contributed by atoms with Gasteiger partial charge < -0.3 is 18.8 Å². The van der Waals surface area contributed by atoms with E-state index >= 15 is 0 Å². The van der Waals surface area contributed by atoms with Crippen molar-refractivity contribution in [3.63, 3.8) is 0 Å². The Bertz CT molecular complexity index is 583. The Morgan fingerprint density at radius 3 is 2.30 bits per heavy atom. The van der Waals surface area contributed by atoms with E-state index in [1.165, 1.54) is 7.11 Å². The number of ether oxygens (including phenoxy) is 2. The van der Waals surface area contributed by atoms with E-state index in [0.717, 1.165) is 18.4 Å². The largest absolute Gasteiger partial charge is 0.501 e. The first-order chi connectivity index (χ1) is 10.7. The van der Waals surface area contributed by atoms with Crippen molar-refractivity contribution in [1.29, 1.82) is 0 Å². The van der Waals surface area contributed by atoms with Crippen molar-refractivity contribution in [2.75, 3.05) is 13.9 Å². The molecule has 0 aromatic heterocycles. The lowest BCUT2D eigenvalue weighted by Crippen LogP contribution is -2.41. The number of rotatable bonds is 5. The van der Waals surface area contributed by atoms with E-state index < -0.39 is 18.3 Å². The molecule has 1 saturated carbocycles. The summed E-state index contributed by atoms with van der Waals surface area (Å²) in [6.07, 6.45) is 2.19. The molecule has 3 rings (SSSR count). The van der Waals surface area contributed by atoms with Crippen LogP contribution in [-0.4, -0.2) is 32.2 Å². The van der Waals surface area contributed by atoms with Crippen LogP contribution in [0.1, 0.15) is 52.0 Å². The fourth-order valence-electron chi connectivity index (χ4n) is 2.70. The monoisotopic (exact) mass is 322 g/mol. The Hall–Kier alpha value is -1.11. The second kappa shape index (κ2) is 5.76. The van der Waals surface area contributed by atoms with Gasteiger partial charge in [-0.15, -0.1) is 0 Å². The first-order valence-electron chi connectivity index (χ1n) is 8.06. The lowest BCUT2D eigenvalue weighted by Gasteiger charge is -2.32. The number of methoxy groups -OCH3 is 1. The lowest BCUT2D eigenvalue weighted by atomic mass is 9.77. The molecule has 4 nitrogen and oxygen atoms in total. The van der Waals surface area contributed by atoms with Crippen LogP contribution < -0.4 is 10.2 Å². The normalized spacial score (nSPS) is 22.4. The Labute approximate surface area is 137 Å². The Kier molecular flexibility index (Phi) is 4.19. The summed E-state index contributed by atoms with van der Waals surface area (Å²) in [5.74, 6) is 0.521. The highest BCUT2D eigenvalue weighted by molar-refractivity contribution is 6.63. The van der Waals surface area contributed by atoms with Crippen molar-refractivity contribution in [2.24, 2.45) is 0 Å². The summed E-state index contributed by atoms with van der Waals surface area (Å²) in [5.41, 5.74) is 0.217. The molecular formula is C17H24BFO4. The van der Waals surface area contributed by atoms with E-state index in [1.807, 2.05) is 33.8 Å². The average Bonchev–Trinajstić information content (AvgIpc) is 3.24.